The molecule has 27 heavy (non-hydrogen) atoms. The summed E-state index contributed by atoms with van der Waals surface area (Å²) < 4.78 is 1.98. The van der Waals surface area contributed by atoms with E-state index in [4.69, 9.17) is 0 Å². The summed E-state index contributed by atoms with van der Waals surface area (Å²) in [5, 5.41) is 15.0. The fraction of sp³-hybridized carbons (Fsp3) is 0.550. The molecule has 1 fully saturated rings. The van der Waals surface area contributed by atoms with Crippen LogP contribution >= 0.6 is 0 Å². The lowest BCUT2D eigenvalue weighted by atomic mass is 9.99. The number of nitrogens with zero attached hydrogens (tertiary/aromatic N) is 5. The molecule has 7 nitrogen and oxygen atoms in total. The Labute approximate surface area is 161 Å². The predicted molar refractivity (Wildman–Crippen MR) is 109 cm³/mol. The molecule has 3 rings (SSSR count). The number of rotatable bonds is 7. The second-order valence-corrected chi connectivity index (χ2v) is 7.18. The largest absolute Gasteiger partial charge is 0.356 e. The zero-order valence-electron chi connectivity index (χ0n) is 16.4. The first-order valence-corrected chi connectivity index (χ1v) is 9.87. The number of para-hydroxylation sites is 1. The number of aromatic nitrogens is 3. The zero-order valence-corrected chi connectivity index (χ0v) is 16.4. The normalized spacial score (nSPS) is 16.4. The fourth-order valence-electron chi connectivity index (χ4n) is 3.36. The third-order valence-corrected chi connectivity index (χ3v) is 5.11. The Morgan fingerprint density at radius 2 is 1.96 bits per heavy atom. The average molecular weight is 370 g/mol. The van der Waals surface area contributed by atoms with Gasteiger partial charge < -0.3 is 15.5 Å². The van der Waals surface area contributed by atoms with Crippen LogP contribution < -0.4 is 10.6 Å². The van der Waals surface area contributed by atoms with Gasteiger partial charge in [-0.05, 0) is 56.9 Å². The number of aliphatic imine (C=N–C) groups is 1. The van der Waals surface area contributed by atoms with Crippen LogP contribution in [0.3, 0.4) is 0 Å². The molecule has 0 amide bonds. The van der Waals surface area contributed by atoms with E-state index in [1.807, 2.05) is 34.9 Å². The maximum absolute atomic E-state index is 4.31. The van der Waals surface area contributed by atoms with Crippen LogP contribution in [0.5, 0.6) is 0 Å². The minimum Gasteiger partial charge on any atom is -0.356 e. The van der Waals surface area contributed by atoms with Crippen LogP contribution in [-0.4, -0.2) is 58.9 Å². The minimum absolute atomic E-state index is 0.568. The van der Waals surface area contributed by atoms with E-state index >= 15 is 0 Å². The summed E-state index contributed by atoms with van der Waals surface area (Å²) in [6, 6.07) is 10.1. The fourth-order valence-corrected chi connectivity index (χ4v) is 3.36. The Morgan fingerprint density at radius 1 is 1.19 bits per heavy atom. The molecule has 7 heteroatoms. The third-order valence-electron chi connectivity index (χ3n) is 5.11. The van der Waals surface area contributed by atoms with Crippen molar-refractivity contribution in [2.24, 2.45) is 10.9 Å². The third kappa shape index (κ3) is 5.79. The average Bonchev–Trinajstić information content (AvgIpc) is 3.18. The highest BCUT2D eigenvalue weighted by Crippen LogP contribution is 2.15. The lowest BCUT2D eigenvalue weighted by molar-refractivity contribution is 0.191. The van der Waals surface area contributed by atoms with Gasteiger partial charge in [0, 0.05) is 19.3 Å². The lowest BCUT2D eigenvalue weighted by Gasteiger charge is -2.30. The van der Waals surface area contributed by atoms with Crippen molar-refractivity contribution in [1.82, 2.24) is 30.3 Å². The van der Waals surface area contributed by atoms with Crippen LogP contribution in [0.2, 0.25) is 0 Å². The van der Waals surface area contributed by atoms with Crippen molar-refractivity contribution in [2.75, 3.05) is 33.2 Å². The van der Waals surface area contributed by atoms with Gasteiger partial charge in [0.25, 0.3) is 0 Å². The summed E-state index contributed by atoms with van der Waals surface area (Å²) in [5.74, 6) is 2.54. The molecule has 2 aromatic rings. The van der Waals surface area contributed by atoms with Crippen LogP contribution in [0.25, 0.3) is 5.69 Å². The molecule has 0 bridgehead atoms. The van der Waals surface area contributed by atoms with Gasteiger partial charge in [-0.25, -0.2) is 0 Å². The quantitative estimate of drug-likeness (QED) is 0.444. The molecule has 1 aliphatic rings. The van der Waals surface area contributed by atoms with Crippen LogP contribution in [0.15, 0.2) is 41.7 Å². The molecule has 2 heterocycles. The standard InChI is InChI=1S/C20H31N7/c1-17-9-13-26(14-10-17)12-6-11-22-20(21-2)23-15-19-25-24-16-27(19)18-7-4-3-5-8-18/h3-5,7-8,16-17H,6,9-15H2,1-2H3,(H2,21,22,23). The van der Waals surface area contributed by atoms with Crippen molar-refractivity contribution in [3.63, 3.8) is 0 Å². The SMILES string of the molecule is CN=C(NCCCN1CCC(C)CC1)NCc1nncn1-c1ccccc1. The highest BCUT2D eigenvalue weighted by atomic mass is 15.3. The molecule has 0 unspecified atom stereocenters. The molecule has 1 aliphatic heterocycles. The number of guanidine groups is 1. The summed E-state index contributed by atoms with van der Waals surface area (Å²) in [7, 11) is 1.79. The van der Waals surface area contributed by atoms with Gasteiger partial charge in [-0.15, -0.1) is 10.2 Å². The summed E-state index contributed by atoms with van der Waals surface area (Å²) in [4.78, 5) is 6.88. The van der Waals surface area contributed by atoms with E-state index in [1.165, 1.54) is 25.9 Å². The molecule has 0 atom stereocenters. The number of likely N-dealkylation sites (tertiary alicyclic amines) is 1. The summed E-state index contributed by atoms with van der Waals surface area (Å²) in [6.07, 6.45) is 5.52. The number of benzene rings is 1. The van der Waals surface area contributed by atoms with Gasteiger partial charge in [0.2, 0.25) is 0 Å². The maximum Gasteiger partial charge on any atom is 0.191 e. The van der Waals surface area contributed by atoms with Gasteiger partial charge in [-0.2, -0.15) is 0 Å². The zero-order chi connectivity index (χ0) is 18.9. The van der Waals surface area contributed by atoms with E-state index in [1.54, 1.807) is 13.4 Å². The molecular formula is C20H31N7. The summed E-state index contributed by atoms with van der Waals surface area (Å²) in [6.45, 7) is 7.47. The van der Waals surface area contributed by atoms with Crippen LogP contribution in [0.1, 0.15) is 32.0 Å². The Hall–Kier alpha value is -2.41. The molecule has 146 valence electrons. The first kappa shape index (κ1) is 19.4. The first-order chi connectivity index (χ1) is 13.3. The van der Waals surface area contributed by atoms with Gasteiger partial charge in [0.1, 0.15) is 6.33 Å². The van der Waals surface area contributed by atoms with Gasteiger partial charge in [0.15, 0.2) is 11.8 Å². The van der Waals surface area contributed by atoms with Crippen LogP contribution in [0, 0.1) is 5.92 Å². The van der Waals surface area contributed by atoms with E-state index in [0.717, 1.165) is 42.9 Å². The second-order valence-electron chi connectivity index (χ2n) is 7.18. The Kier molecular flexibility index (Phi) is 7.21. The van der Waals surface area contributed by atoms with Crippen LogP contribution in [0.4, 0.5) is 0 Å². The highest BCUT2D eigenvalue weighted by molar-refractivity contribution is 5.79. The van der Waals surface area contributed by atoms with Crippen molar-refractivity contribution >= 4 is 5.96 Å². The van der Waals surface area contributed by atoms with Gasteiger partial charge >= 0.3 is 0 Å². The van der Waals surface area contributed by atoms with E-state index in [-0.39, 0.29) is 0 Å². The van der Waals surface area contributed by atoms with Gasteiger partial charge in [-0.3, -0.25) is 9.56 Å². The summed E-state index contributed by atoms with van der Waals surface area (Å²) in [5.41, 5.74) is 1.05. The molecule has 0 saturated carbocycles. The van der Waals surface area contributed by atoms with Crippen molar-refractivity contribution < 1.29 is 0 Å². The van der Waals surface area contributed by atoms with E-state index in [2.05, 4.69) is 37.6 Å². The summed E-state index contributed by atoms with van der Waals surface area (Å²) >= 11 is 0. The number of piperidine rings is 1. The molecular weight excluding hydrogens is 338 g/mol. The number of nitrogens with one attached hydrogen (secondary N) is 2. The van der Waals surface area contributed by atoms with Gasteiger partial charge in [-0.1, -0.05) is 25.1 Å². The van der Waals surface area contributed by atoms with Crippen molar-refractivity contribution in [3.8, 4) is 5.69 Å². The molecule has 0 radical (unpaired) electrons. The van der Waals surface area contributed by atoms with Gasteiger partial charge in [0.05, 0.1) is 6.54 Å². The van der Waals surface area contributed by atoms with Crippen molar-refractivity contribution in [3.05, 3.63) is 42.5 Å². The second kappa shape index (κ2) is 10.1. The van der Waals surface area contributed by atoms with Crippen molar-refractivity contribution in [1.29, 1.82) is 0 Å². The molecule has 2 N–H and O–H groups in total. The molecule has 1 aromatic heterocycles. The van der Waals surface area contributed by atoms with E-state index in [0.29, 0.717) is 6.54 Å². The Balaban J connectivity index is 1.40. The highest BCUT2D eigenvalue weighted by Gasteiger charge is 2.14. The molecule has 1 saturated heterocycles. The van der Waals surface area contributed by atoms with E-state index in [9.17, 15) is 0 Å². The lowest BCUT2D eigenvalue weighted by Crippen LogP contribution is -2.39. The minimum atomic E-state index is 0.568. The molecule has 1 aromatic carbocycles. The maximum atomic E-state index is 4.31. The predicted octanol–water partition coefficient (Wildman–Crippen LogP) is 2.05. The Morgan fingerprint density at radius 3 is 2.70 bits per heavy atom. The smallest absolute Gasteiger partial charge is 0.191 e. The van der Waals surface area contributed by atoms with Crippen molar-refractivity contribution in [2.45, 2.75) is 32.7 Å². The number of hydrogen-bond acceptors (Lipinski definition) is 4. The first-order valence-electron chi connectivity index (χ1n) is 9.87. The molecule has 0 spiro atoms. The van der Waals surface area contributed by atoms with Crippen LogP contribution in [-0.2, 0) is 6.54 Å². The topological polar surface area (TPSA) is 70.4 Å². The molecule has 0 aliphatic carbocycles. The van der Waals surface area contributed by atoms with E-state index < -0.39 is 0 Å². The number of hydrogen-bond donors (Lipinski definition) is 2. The monoisotopic (exact) mass is 369 g/mol. The Bertz CT molecular complexity index is 702.